The van der Waals surface area contributed by atoms with E-state index in [9.17, 15) is 4.79 Å². The molecule has 0 aliphatic carbocycles. The van der Waals surface area contributed by atoms with Crippen LogP contribution in [-0.2, 0) is 0 Å². The van der Waals surface area contributed by atoms with E-state index in [1.807, 2.05) is 14.0 Å². The third kappa shape index (κ3) is 2.26. The van der Waals surface area contributed by atoms with Crippen LogP contribution in [0.25, 0.3) is 0 Å². The van der Waals surface area contributed by atoms with Gasteiger partial charge in [-0.2, -0.15) is 0 Å². The summed E-state index contributed by atoms with van der Waals surface area (Å²) in [4.78, 5) is 14.5. The minimum Gasteiger partial charge on any atom is -0.478 e. The monoisotopic (exact) mass is 180 g/mol. The number of carbonyl (C=O) groups is 1. The number of carboxylic acid groups (broad SMARTS) is 1. The van der Waals surface area contributed by atoms with Crippen molar-refractivity contribution in [1.82, 2.24) is 10.3 Å². The quantitative estimate of drug-likeness (QED) is 0.730. The van der Waals surface area contributed by atoms with Crippen molar-refractivity contribution < 1.29 is 9.90 Å². The summed E-state index contributed by atoms with van der Waals surface area (Å²) in [6, 6.07) is 1.74. The zero-order chi connectivity index (χ0) is 9.84. The topological polar surface area (TPSA) is 62.2 Å². The van der Waals surface area contributed by atoms with Gasteiger partial charge in [-0.05, 0) is 25.6 Å². The van der Waals surface area contributed by atoms with Crippen molar-refractivity contribution in [2.45, 2.75) is 13.0 Å². The Kier molecular flexibility index (Phi) is 2.97. The number of aromatic carboxylic acids is 1. The SMILES string of the molecule is CN[C@H](C)c1cncc(C(=O)O)c1. The van der Waals surface area contributed by atoms with Crippen LogP contribution in [-0.4, -0.2) is 23.1 Å². The molecule has 0 aliphatic rings. The molecule has 13 heavy (non-hydrogen) atoms. The van der Waals surface area contributed by atoms with Crippen molar-refractivity contribution in [2.24, 2.45) is 0 Å². The second kappa shape index (κ2) is 4.00. The summed E-state index contributed by atoms with van der Waals surface area (Å²) in [5, 5.41) is 11.7. The van der Waals surface area contributed by atoms with Crippen LogP contribution in [0.4, 0.5) is 0 Å². The highest BCUT2D eigenvalue weighted by Gasteiger charge is 2.07. The van der Waals surface area contributed by atoms with Crippen molar-refractivity contribution in [3.63, 3.8) is 0 Å². The Labute approximate surface area is 76.6 Å². The fourth-order valence-electron chi connectivity index (χ4n) is 0.978. The second-order valence-corrected chi connectivity index (χ2v) is 2.82. The minimum absolute atomic E-state index is 0.117. The molecule has 0 bridgehead atoms. The number of carboxylic acids is 1. The first-order valence-electron chi connectivity index (χ1n) is 4.00. The molecule has 0 radical (unpaired) electrons. The molecule has 0 saturated heterocycles. The van der Waals surface area contributed by atoms with Gasteiger partial charge in [-0.25, -0.2) is 4.79 Å². The summed E-state index contributed by atoms with van der Waals surface area (Å²) >= 11 is 0. The molecule has 0 unspecified atom stereocenters. The Hall–Kier alpha value is -1.42. The van der Waals surface area contributed by atoms with Gasteiger partial charge in [0.25, 0.3) is 0 Å². The summed E-state index contributed by atoms with van der Waals surface area (Å²) in [6.45, 7) is 1.95. The normalized spacial score (nSPS) is 12.5. The Balaban J connectivity index is 2.98. The Morgan fingerprint density at radius 1 is 1.62 bits per heavy atom. The summed E-state index contributed by atoms with van der Waals surface area (Å²) in [5.41, 5.74) is 1.10. The Morgan fingerprint density at radius 2 is 2.31 bits per heavy atom. The number of hydrogen-bond acceptors (Lipinski definition) is 3. The lowest BCUT2D eigenvalue weighted by Crippen LogP contribution is -2.13. The second-order valence-electron chi connectivity index (χ2n) is 2.82. The fraction of sp³-hybridized carbons (Fsp3) is 0.333. The lowest BCUT2D eigenvalue weighted by atomic mass is 10.1. The smallest absolute Gasteiger partial charge is 0.337 e. The molecule has 0 fully saturated rings. The molecule has 1 aromatic heterocycles. The van der Waals surface area contributed by atoms with Crippen molar-refractivity contribution in [3.05, 3.63) is 29.6 Å². The largest absolute Gasteiger partial charge is 0.478 e. The van der Waals surface area contributed by atoms with Crippen molar-refractivity contribution in [1.29, 1.82) is 0 Å². The average Bonchev–Trinajstić information content (AvgIpc) is 2.17. The van der Waals surface area contributed by atoms with Crippen LogP contribution < -0.4 is 5.32 Å². The van der Waals surface area contributed by atoms with E-state index in [2.05, 4.69) is 10.3 Å². The van der Waals surface area contributed by atoms with Gasteiger partial charge in [0.2, 0.25) is 0 Å². The minimum atomic E-state index is -0.947. The predicted octanol–water partition coefficient (Wildman–Crippen LogP) is 1.06. The van der Waals surface area contributed by atoms with E-state index < -0.39 is 5.97 Å². The van der Waals surface area contributed by atoms with Crippen LogP contribution in [0, 0.1) is 0 Å². The van der Waals surface area contributed by atoms with E-state index in [1.165, 1.54) is 6.20 Å². The molecular weight excluding hydrogens is 168 g/mol. The van der Waals surface area contributed by atoms with E-state index in [0.29, 0.717) is 0 Å². The molecule has 0 amide bonds. The first-order valence-corrected chi connectivity index (χ1v) is 4.00. The van der Waals surface area contributed by atoms with Crippen LogP contribution >= 0.6 is 0 Å². The number of nitrogens with one attached hydrogen (secondary N) is 1. The highest BCUT2D eigenvalue weighted by atomic mass is 16.4. The molecule has 0 aromatic carbocycles. The van der Waals surface area contributed by atoms with Gasteiger partial charge in [0.15, 0.2) is 0 Å². The lowest BCUT2D eigenvalue weighted by molar-refractivity contribution is 0.0696. The zero-order valence-electron chi connectivity index (χ0n) is 7.61. The van der Waals surface area contributed by atoms with E-state index in [1.54, 1.807) is 12.3 Å². The van der Waals surface area contributed by atoms with Gasteiger partial charge in [-0.3, -0.25) is 4.98 Å². The van der Waals surface area contributed by atoms with Crippen LogP contribution in [0.2, 0.25) is 0 Å². The fourth-order valence-corrected chi connectivity index (χ4v) is 0.978. The van der Waals surface area contributed by atoms with Gasteiger partial charge in [0.05, 0.1) is 5.56 Å². The van der Waals surface area contributed by atoms with Gasteiger partial charge in [0.1, 0.15) is 0 Å². The van der Waals surface area contributed by atoms with Crippen LogP contribution in [0.1, 0.15) is 28.9 Å². The molecule has 70 valence electrons. The van der Waals surface area contributed by atoms with Gasteiger partial charge < -0.3 is 10.4 Å². The summed E-state index contributed by atoms with van der Waals surface area (Å²) < 4.78 is 0. The maximum absolute atomic E-state index is 10.6. The maximum Gasteiger partial charge on any atom is 0.337 e. The van der Waals surface area contributed by atoms with Gasteiger partial charge in [-0.1, -0.05) is 0 Å². The molecule has 0 spiro atoms. The third-order valence-electron chi connectivity index (χ3n) is 1.94. The van der Waals surface area contributed by atoms with E-state index in [4.69, 9.17) is 5.11 Å². The van der Waals surface area contributed by atoms with Crippen molar-refractivity contribution in [2.75, 3.05) is 7.05 Å². The van der Waals surface area contributed by atoms with Gasteiger partial charge in [0, 0.05) is 18.4 Å². The molecule has 1 heterocycles. The molecule has 4 heteroatoms. The zero-order valence-corrected chi connectivity index (χ0v) is 7.61. The van der Waals surface area contributed by atoms with Crippen molar-refractivity contribution in [3.8, 4) is 0 Å². The predicted molar refractivity (Wildman–Crippen MR) is 48.7 cm³/mol. The van der Waals surface area contributed by atoms with Gasteiger partial charge in [-0.15, -0.1) is 0 Å². The highest BCUT2D eigenvalue weighted by molar-refractivity contribution is 5.87. The van der Waals surface area contributed by atoms with Gasteiger partial charge >= 0.3 is 5.97 Å². The number of pyridine rings is 1. The average molecular weight is 180 g/mol. The third-order valence-corrected chi connectivity index (χ3v) is 1.94. The molecule has 1 aromatic rings. The number of nitrogens with zero attached hydrogens (tertiary/aromatic N) is 1. The highest BCUT2D eigenvalue weighted by Crippen LogP contribution is 2.11. The molecule has 1 rings (SSSR count). The molecular formula is C9H12N2O2. The first kappa shape index (κ1) is 9.67. The van der Waals surface area contributed by atoms with Crippen molar-refractivity contribution >= 4 is 5.97 Å². The summed E-state index contributed by atoms with van der Waals surface area (Å²) in [6.07, 6.45) is 3.00. The molecule has 1 atom stereocenters. The van der Waals surface area contributed by atoms with E-state index in [0.717, 1.165) is 5.56 Å². The Bertz CT molecular complexity index is 312. The maximum atomic E-state index is 10.6. The molecule has 2 N–H and O–H groups in total. The van der Waals surface area contributed by atoms with Crippen LogP contribution in [0.3, 0.4) is 0 Å². The van der Waals surface area contributed by atoms with Crippen LogP contribution in [0.5, 0.6) is 0 Å². The summed E-state index contributed by atoms with van der Waals surface area (Å²) in [5.74, 6) is -0.947. The molecule has 0 saturated carbocycles. The molecule has 0 aliphatic heterocycles. The lowest BCUT2D eigenvalue weighted by Gasteiger charge is -2.09. The number of aromatic nitrogens is 1. The van der Waals surface area contributed by atoms with Crippen LogP contribution in [0.15, 0.2) is 18.5 Å². The van der Waals surface area contributed by atoms with E-state index >= 15 is 0 Å². The number of rotatable bonds is 3. The van der Waals surface area contributed by atoms with E-state index in [-0.39, 0.29) is 11.6 Å². The standard InChI is InChI=1S/C9H12N2O2/c1-6(10-2)7-3-8(9(12)13)5-11-4-7/h3-6,10H,1-2H3,(H,12,13)/t6-/m1/s1. The Morgan fingerprint density at radius 3 is 2.85 bits per heavy atom. The molecule has 4 nitrogen and oxygen atoms in total. The number of hydrogen-bond donors (Lipinski definition) is 2. The first-order chi connectivity index (χ1) is 6.15. The summed E-state index contributed by atoms with van der Waals surface area (Å²) in [7, 11) is 1.82.